The van der Waals surface area contributed by atoms with E-state index in [1.165, 1.54) is 12.1 Å². The van der Waals surface area contributed by atoms with Gasteiger partial charge in [0, 0.05) is 16.6 Å². The summed E-state index contributed by atoms with van der Waals surface area (Å²) in [5.74, 6) is -0.276. The van der Waals surface area contributed by atoms with Gasteiger partial charge in [-0.1, -0.05) is 28.1 Å². The SMILES string of the molecule is O=C(NCc1ccc(C(F)(F)F)cc1)c1ccc(Br)cc1. The third-order valence-electron chi connectivity index (χ3n) is 2.84. The molecule has 0 spiro atoms. The highest BCUT2D eigenvalue weighted by Gasteiger charge is 2.29. The maximum Gasteiger partial charge on any atom is 0.416 e. The number of hydrogen-bond acceptors (Lipinski definition) is 1. The molecule has 0 saturated heterocycles. The molecule has 110 valence electrons. The van der Waals surface area contributed by atoms with Gasteiger partial charge in [0.05, 0.1) is 5.56 Å². The molecule has 0 bridgehead atoms. The highest BCUT2D eigenvalue weighted by atomic mass is 79.9. The van der Waals surface area contributed by atoms with Gasteiger partial charge < -0.3 is 5.32 Å². The van der Waals surface area contributed by atoms with Crippen LogP contribution >= 0.6 is 15.9 Å². The monoisotopic (exact) mass is 357 g/mol. The van der Waals surface area contributed by atoms with E-state index in [0.717, 1.165) is 16.6 Å². The van der Waals surface area contributed by atoms with Crippen molar-refractivity contribution in [2.24, 2.45) is 0 Å². The molecule has 0 aromatic heterocycles. The van der Waals surface area contributed by atoms with Crippen molar-refractivity contribution < 1.29 is 18.0 Å². The molecule has 2 rings (SSSR count). The average molecular weight is 358 g/mol. The number of nitrogens with one attached hydrogen (secondary N) is 1. The molecule has 0 radical (unpaired) electrons. The predicted octanol–water partition coefficient (Wildman–Crippen LogP) is 4.40. The third kappa shape index (κ3) is 4.32. The first-order valence-electron chi connectivity index (χ1n) is 6.06. The standard InChI is InChI=1S/C15H11BrF3NO/c16-13-7-3-11(4-8-13)14(21)20-9-10-1-5-12(6-2-10)15(17,18)19/h1-8H,9H2,(H,20,21). The zero-order chi connectivity index (χ0) is 15.5. The molecule has 0 saturated carbocycles. The lowest BCUT2D eigenvalue weighted by molar-refractivity contribution is -0.137. The molecule has 1 amide bonds. The van der Waals surface area contributed by atoms with Crippen molar-refractivity contribution in [2.45, 2.75) is 12.7 Å². The minimum absolute atomic E-state index is 0.174. The Morgan fingerprint density at radius 2 is 1.57 bits per heavy atom. The molecule has 0 heterocycles. The van der Waals surface area contributed by atoms with Crippen LogP contribution in [0.1, 0.15) is 21.5 Å². The van der Waals surface area contributed by atoms with Crippen molar-refractivity contribution in [1.82, 2.24) is 5.32 Å². The van der Waals surface area contributed by atoms with Gasteiger partial charge in [-0.05, 0) is 42.0 Å². The van der Waals surface area contributed by atoms with Crippen LogP contribution in [0.3, 0.4) is 0 Å². The number of alkyl halides is 3. The molecule has 0 unspecified atom stereocenters. The number of benzene rings is 2. The molecule has 0 fully saturated rings. The zero-order valence-electron chi connectivity index (χ0n) is 10.7. The summed E-state index contributed by atoms with van der Waals surface area (Å²) in [7, 11) is 0. The van der Waals surface area contributed by atoms with Crippen LogP contribution in [0.2, 0.25) is 0 Å². The van der Waals surface area contributed by atoms with Gasteiger partial charge in [0.2, 0.25) is 0 Å². The van der Waals surface area contributed by atoms with Gasteiger partial charge in [-0.2, -0.15) is 13.2 Å². The average Bonchev–Trinajstić information content (AvgIpc) is 2.45. The van der Waals surface area contributed by atoms with E-state index in [9.17, 15) is 18.0 Å². The van der Waals surface area contributed by atoms with Crippen molar-refractivity contribution in [1.29, 1.82) is 0 Å². The number of halogens is 4. The summed E-state index contributed by atoms with van der Waals surface area (Å²) in [5, 5.41) is 2.66. The molecule has 0 aliphatic rings. The van der Waals surface area contributed by atoms with Crippen LogP contribution in [-0.4, -0.2) is 5.91 Å². The van der Waals surface area contributed by atoms with Gasteiger partial charge in [0.1, 0.15) is 0 Å². The first-order valence-corrected chi connectivity index (χ1v) is 6.85. The lowest BCUT2D eigenvalue weighted by Crippen LogP contribution is -2.22. The summed E-state index contributed by atoms with van der Waals surface area (Å²) in [6.07, 6.45) is -4.35. The van der Waals surface area contributed by atoms with Gasteiger partial charge in [-0.3, -0.25) is 4.79 Å². The van der Waals surface area contributed by atoms with Gasteiger partial charge >= 0.3 is 6.18 Å². The minimum Gasteiger partial charge on any atom is -0.348 e. The van der Waals surface area contributed by atoms with Gasteiger partial charge in [0.15, 0.2) is 0 Å². The van der Waals surface area contributed by atoms with Crippen LogP contribution in [-0.2, 0) is 12.7 Å². The first-order chi connectivity index (χ1) is 9.86. The fourth-order valence-electron chi connectivity index (χ4n) is 1.70. The van der Waals surface area contributed by atoms with E-state index in [4.69, 9.17) is 0 Å². The van der Waals surface area contributed by atoms with Crippen LogP contribution in [0.15, 0.2) is 53.0 Å². The van der Waals surface area contributed by atoms with Gasteiger partial charge in [-0.25, -0.2) is 0 Å². The largest absolute Gasteiger partial charge is 0.416 e. The molecule has 21 heavy (non-hydrogen) atoms. The van der Waals surface area contributed by atoms with E-state index < -0.39 is 11.7 Å². The van der Waals surface area contributed by atoms with Gasteiger partial charge in [0.25, 0.3) is 5.91 Å². The van der Waals surface area contributed by atoms with Crippen molar-refractivity contribution in [2.75, 3.05) is 0 Å². The van der Waals surface area contributed by atoms with Crippen LogP contribution in [0, 0.1) is 0 Å². The molecule has 2 nitrogen and oxygen atoms in total. The lowest BCUT2D eigenvalue weighted by atomic mass is 10.1. The number of hydrogen-bond donors (Lipinski definition) is 1. The fourth-order valence-corrected chi connectivity index (χ4v) is 1.96. The Hall–Kier alpha value is -1.82. The van der Waals surface area contributed by atoms with E-state index in [2.05, 4.69) is 21.2 Å². The quantitative estimate of drug-likeness (QED) is 0.866. The number of amides is 1. The normalized spacial score (nSPS) is 11.2. The second-order valence-corrected chi connectivity index (χ2v) is 5.30. The Labute approximate surface area is 128 Å². The molecule has 6 heteroatoms. The maximum atomic E-state index is 12.4. The highest BCUT2D eigenvalue weighted by Crippen LogP contribution is 2.29. The maximum absolute atomic E-state index is 12.4. The first kappa shape index (κ1) is 15.6. The van der Waals surface area contributed by atoms with Crippen LogP contribution in [0.25, 0.3) is 0 Å². The van der Waals surface area contributed by atoms with Crippen molar-refractivity contribution in [3.8, 4) is 0 Å². The molecular formula is C15H11BrF3NO. The van der Waals surface area contributed by atoms with Crippen LogP contribution in [0.4, 0.5) is 13.2 Å². The third-order valence-corrected chi connectivity index (χ3v) is 3.37. The lowest BCUT2D eigenvalue weighted by Gasteiger charge is -2.08. The summed E-state index contributed by atoms with van der Waals surface area (Å²) >= 11 is 3.27. The number of carbonyl (C=O) groups is 1. The topological polar surface area (TPSA) is 29.1 Å². The second-order valence-electron chi connectivity index (χ2n) is 4.38. The Balaban J connectivity index is 1.97. The molecule has 2 aromatic rings. The van der Waals surface area contributed by atoms with Crippen molar-refractivity contribution in [3.63, 3.8) is 0 Å². The minimum atomic E-state index is -4.35. The Morgan fingerprint density at radius 3 is 2.10 bits per heavy atom. The number of carbonyl (C=O) groups excluding carboxylic acids is 1. The zero-order valence-corrected chi connectivity index (χ0v) is 12.3. The Kier molecular flexibility index (Phi) is 4.67. The molecule has 0 aliphatic carbocycles. The van der Waals surface area contributed by atoms with Crippen LogP contribution in [0.5, 0.6) is 0 Å². The molecule has 0 atom stereocenters. The summed E-state index contributed by atoms with van der Waals surface area (Å²) in [6, 6.07) is 11.5. The summed E-state index contributed by atoms with van der Waals surface area (Å²) < 4.78 is 38.1. The Morgan fingerprint density at radius 1 is 1.00 bits per heavy atom. The van der Waals surface area contributed by atoms with E-state index in [1.807, 2.05) is 0 Å². The summed E-state index contributed by atoms with van der Waals surface area (Å²) in [6.45, 7) is 0.174. The summed E-state index contributed by atoms with van der Waals surface area (Å²) in [4.78, 5) is 11.8. The molecule has 0 aliphatic heterocycles. The van der Waals surface area contributed by atoms with Gasteiger partial charge in [-0.15, -0.1) is 0 Å². The van der Waals surface area contributed by atoms with E-state index >= 15 is 0 Å². The van der Waals surface area contributed by atoms with E-state index in [1.54, 1.807) is 24.3 Å². The molecule has 1 N–H and O–H groups in total. The number of rotatable bonds is 3. The highest BCUT2D eigenvalue weighted by molar-refractivity contribution is 9.10. The predicted molar refractivity (Wildman–Crippen MR) is 76.8 cm³/mol. The van der Waals surface area contributed by atoms with E-state index in [-0.39, 0.29) is 12.5 Å². The molecule has 2 aromatic carbocycles. The summed E-state index contributed by atoms with van der Waals surface area (Å²) in [5.41, 5.74) is 0.393. The smallest absolute Gasteiger partial charge is 0.348 e. The second kappa shape index (κ2) is 6.30. The van der Waals surface area contributed by atoms with Crippen molar-refractivity contribution >= 4 is 21.8 Å². The molecular weight excluding hydrogens is 347 g/mol. The Bertz CT molecular complexity index is 621. The van der Waals surface area contributed by atoms with Crippen molar-refractivity contribution in [3.05, 3.63) is 69.7 Å². The fraction of sp³-hybridized carbons (Fsp3) is 0.133. The van der Waals surface area contributed by atoms with Crippen LogP contribution < -0.4 is 5.32 Å². The van der Waals surface area contributed by atoms with E-state index in [0.29, 0.717) is 11.1 Å².